The Bertz CT molecular complexity index is 919. The van der Waals surface area contributed by atoms with E-state index in [4.69, 9.17) is 16.7 Å². The Kier molecular flexibility index (Phi) is 4.86. The van der Waals surface area contributed by atoms with Crippen molar-refractivity contribution in [3.8, 4) is 0 Å². The van der Waals surface area contributed by atoms with Crippen LogP contribution in [0.4, 0.5) is 5.69 Å². The van der Waals surface area contributed by atoms with Crippen LogP contribution in [-0.2, 0) is 24.7 Å². The fourth-order valence-electron chi connectivity index (χ4n) is 4.90. The van der Waals surface area contributed by atoms with Crippen molar-refractivity contribution in [3.05, 3.63) is 28.8 Å². The molecule has 1 aromatic rings. The first-order valence-corrected chi connectivity index (χ1v) is 10.1. The molecule has 0 bridgehead atoms. The SMILES string of the molecule is CCCCN1C(=O)[C@@H]2C(CCC(=O)O)NC3(C(=O)Nc4ccc(Cl)cc43)[C@@H]2C1=O. The maximum atomic E-state index is 13.3. The van der Waals surface area contributed by atoms with Gasteiger partial charge in [-0.25, -0.2) is 0 Å². The summed E-state index contributed by atoms with van der Waals surface area (Å²) in [7, 11) is 0. The molecule has 4 atom stereocenters. The molecule has 0 aliphatic carbocycles. The number of likely N-dealkylation sites (tertiary alicyclic amines) is 1. The Morgan fingerprint density at radius 3 is 2.72 bits per heavy atom. The van der Waals surface area contributed by atoms with Gasteiger partial charge in [-0.05, 0) is 31.0 Å². The van der Waals surface area contributed by atoms with E-state index in [1.165, 1.54) is 4.90 Å². The third-order valence-electron chi connectivity index (χ3n) is 6.17. The fraction of sp³-hybridized carbons (Fsp3) is 0.500. The molecule has 0 aromatic heterocycles. The van der Waals surface area contributed by atoms with E-state index in [1.54, 1.807) is 18.2 Å². The van der Waals surface area contributed by atoms with Crippen molar-refractivity contribution in [2.24, 2.45) is 11.8 Å². The van der Waals surface area contributed by atoms with E-state index in [0.717, 1.165) is 6.42 Å². The standard InChI is InChI=1S/C20H22ClN3O5/c1-2-3-8-24-17(27)15-13(6-7-14(25)26)23-20(16(15)18(24)28)11-9-10(21)4-5-12(11)22-19(20)29/h4-5,9,13,15-16,23H,2-3,6-8H2,1H3,(H,22,29)(H,25,26)/t13?,15-,16+,20?/m1/s1. The molecule has 4 rings (SSSR count). The summed E-state index contributed by atoms with van der Waals surface area (Å²) in [6.45, 7) is 2.26. The van der Waals surface area contributed by atoms with E-state index in [1.807, 2.05) is 6.92 Å². The molecule has 2 fully saturated rings. The number of carboxylic acid groups (broad SMARTS) is 1. The molecule has 8 nitrogen and oxygen atoms in total. The van der Waals surface area contributed by atoms with Crippen LogP contribution in [0.3, 0.4) is 0 Å². The molecule has 3 N–H and O–H groups in total. The van der Waals surface area contributed by atoms with Crippen LogP contribution in [0.15, 0.2) is 18.2 Å². The molecule has 3 aliphatic rings. The van der Waals surface area contributed by atoms with Crippen LogP contribution in [0, 0.1) is 11.8 Å². The zero-order valence-electron chi connectivity index (χ0n) is 15.9. The minimum Gasteiger partial charge on any atom is -0.481 e. The summed E-state index contributed by atoms with van der Waals surface area (Å²) in [5.74, 6) is -3.85. The summed E-state index contributed by atoms with van der Waals surface area (Å²) in [4.78, 5) is 52.0. The highest BCUT2D eigenvalue weighted by molar-refractivity contribution is 6.31. The van der Waals surface area contributed by atoms with Gasteiger partial charge in [-0.3, -0.25) is 29.4 Å². The zero-order chi connectivity index (χ0) is 20.9. The maximum Gasteiger partial charge on any atom is 0.303 e. The molecule has 29 heavy (non-hydrogen) atoms. The maximum absolute atomic E-state index is 13.3. The van der Waals surface area contributed by atoms with E-state index in [2.05, 4.69) is 10.6 Å². The molecule has 3 heterocycles. The van der Waals surface area contributed by atoms with Gasteiger partial charge in [0.15, 0.2) is 0 Å². The number of benzene rings is 1. The zero-order valence-corrected chi connectivity index (χ0v) is 16.7. The number of hydrogen-bond acceptors (Lipinski definition) is 5. The van der Waals surface area contributed by atoms with Crippen LogP contribution >= 0.6 is 11.6 Å². The molecule has 3 aliphatic heterocycles. The molecule has 3 amide bonds. The van der Waals surface area contributed by atoms with Gasteiger partial charge in [0.05, 0.1) is 11.8 Å². The number of unbranched alkanes of at least 4 members (excludes halogenated alkanes) is 1. The fourth-order valence-corrected chi connectivity index (χ4v) is 5.07. The Hall–Kier alpha value is -2.45. The third kappa shape index (κ3) is 2.85. The average molecular weight is 420 g/mol. The number of imide groups is 1. The van der Waals surface area contributed by atoms with Gasteiger partial charge in [-0.1, -0.05) is 24.9 Å². The van der Waals surface area contributed by atoms with Crippen LogP contribution < -0.4 is 10.6 Å². The van der Waals surface area contributed by atoms with Gasteiger partial charge in [0.25, 0.3) is 0 Å². The van der Waals surface area contributed by atoms with E-state index in [9.17, 15) is 19.2 Å². The monoisotopic (exact) mass is 419 g/mol. The normalized spacial score (nSPS) is 30.1. The van der Waals surface area contributed by atoms with Gasteiger partial charge in [0, 0.05) is 35.3 Å². The van der Waals surface area contributed by atoms with Crippen LogP contribution in [0.1, 0.15) is 38.2 Å². The number of amides is 3. The number of aliphatic carboxylic acids is 1. The minimum atomic E-state index is -1.43. The van der Waals surface area contributed by atoms with Gasteiger partial charge in [0.1, 0.15) is 5.54 Å². The van der Waals surface area contributed by atoms with Crippen LogP contribution in [0.2, 0.25) is 5.02 Å². The predicted molar refractivity (Wildman–Crippen MR) is 104 cm³/mol. The van der Waals surface area contributed by atoms with Crippen LogP contribution in [0.5, 0.6) is 0 Å². The van der Waals surface area contributed by atoms with E-state index >= 15 is 0 Å². The summed E-state index contributed by atoms with van der Waals surface area (Å²) in [6.07, 6.45) is 1.46. The number of rotatable bonds is 6. The topological polar surface area (TPSA) is 116 Å². The van der Waals surface area contributed by atoms with Crippen molar-refractivity contribution < 1.29 is 24.3 Å². The molecule has 0 radical (unpaired) electrons. The molecule has 1 aromatic carbocycles. The lowest BCUT2D eigenvalue weighted by Gasteiger charge is -2.29. The third-order valence-corrected chi connectivity index (χ3v) is 6.41. The summed E-state index contributed by atoms with van der Waals surface area (Å²) >= 11 is 6.17. The second kappa shape index (κ2) is 7.11. The summed E-state index contributed by atoms with van der Waals surface area (Å²) in [5.41, 5.74) is -0.361. The minimum absolute atomic E-state index is 0.141. The number of carbonyl (C=O) groups is 4. The number of anilines is 1. The first-order valence-electron chi connectivity index (χ1n) is 9.77. The lowest BCUT2D eigenvalue weighted by molar-refractivity contribution is -0.143. The van der Waals surface area contributed by atoms with Crippen molar-refractivity contribution in [2.75, 3.05) is 11.9 Å². The number of carbonyl (C=O) groups excluding carboxylic acids is 3. The lowest BCUT2D eigenvalue weighted by Crippen LogP contribution is -2.53. The first-order chi connectivity index (χ1) is 13.8. The second-order valence-electron chi connectivity index (χ2n) is 7.82. The molecule has 1 spiro atoms. The highest BCUT2D eigenvalue weighted by Crippen LogP contribution is 2.53. The average Bonchev–Trinajstić information content (AvgIpc) is 3.24. The van der Waals surface area contributed by atoms with Crippen molar-refractivity contribution in [1.29, 1.82) is 0 Å². The lowest BCUT2D eigenvalue weighted by atomic mass is 9.76. The quantitative estimate of drug-likeness (QED) is 0.605. The molecule has 0 saturated carbocycles. The second-order valence-corrected chi connectivity index (χ2v) is 8.26. The summed E-state index contributed by atoms with van der Waals surface area (Å²) in [6, 6.07) is 4.34. The number of nitrogens with zero attached hydrogens (tertiary/aromatic N) is 1. The number of halogens is 1. The Morgan fingerprint density at radius 2 is 2.03 bits per heavy atom. The highest BCUT2D eigenvalue weighted by atomic mass is 35.5. The van der Waals surface area contributed by atoms with Crippen molar-refractivity contribution >= 4 is 41.0 Å². The van der Waals surface area contributed by atoms with Gasteiger partial charge in [-0.15, -0.1) is 0 Å². The largest absolute Gasteiger partial charge is 0.481 e. The molecule has 9 heteroatoms. The van der Waals surface area contributed by atoms with E-state index < -0.39 is 35.3 Å². The van der Waals surface area contributed by atoms with Crippen LogP contribution in [0.25, 0.3) is 0 Å². The smallest absolute Gasteiger partial charge is 0.303 e. The van der Waals surface area contributed by atoms with Gasteiger partial charge in [0.2, 0.25) is 17.7 Å². The van der Waals surface area contributed by atoms with Crippen molar-refractivity contribution in [3.63, 3.8) is 0 Å². The number of hydrogen-bond donors (Lipinski definition) is 3. The Morgan fingerprint density at radius 1 is 1.28 bits per heavy atom. The van der Waals surface area contributed by atoms with Crippen molar-refractivity contribution in [2.45, 2.75) is 44.2 Å². The van der Waals surface area contributed by atoms with Gasteiger partial charge in [-0.2, -0.15) is 0 Å². The van der Waals surface area contributed by atoms with Crippen molar-refractivity contribution in [1.82, 2.24) is 10.2 Å². The molecule has 2 saturated heterocycles. The predicted octanol–water partition coefficient (Wildman–Crippen LogP) is 1.73. The number of nitrogens with one attached hydrogen (secondary N) is 2. The van der Waals surface area contributed by atoms with Gasteiger partial charge < -0.3 is 10.4 Å². The summed E-state index contributed by atoms with van der Waals surface area (Å²) < 4.78 is 0. The van der Waals surface area contributed by atoms with Gasteiger partial charge >= 0.3 is 5.97 Å². The number of carboxylic acids is 1. The highest BCUT2D eigenvalue weighted by Gasteiger charge is 2.70. The Labute approximate surface area is 172 Å². The number of fused-ring (bicyclic) bond motifs is 4. The van der Waals surface area contributed by atoms with Crippen LogP contribution in [-0.4, -0.2) is 46.3 Å². The van der Waals surface area contributed by atoms with E-state index in [-0.39, 0.29) is 24.7 Å². The Balaban J connectivity index is 1.81. The molecular weight excluding hydrogens is 398 g/mol. The van der Waals surface area contributed by atoms with E-state index in [0.29, 0.717) is 29.2 Å². The summed E-state index contributed by atoms with van der Waals surface area (Å²) in [5, 5.41) is 15.5. The first kappa shape index (κ1) is 19.8. The molecule has 154 valence electrons. The molecule has 2 unspecified atom stereocenters. The molecular formula is C20H22ClN3O5.